The topological polar surface area (TPSA) is 35.2 Å². The molecule has 3 aliphatic rings. The third-order valence-corrected chi connectivity index (χ3v) is 3.50. The van der Waals surface area contributed by atoms with E-state index in [0.29, 0.717) is 0 Å². The first-order valence-electron chi connectivity index (χ1n) is 5.45. The molecule has 2 N–H and O–H groups in total. The van der Waals surface area contributed by atoms with Gasteiger partial charge in [0.1, 0.15) is 11.4 Å². The van der Waals surface area contributed by atoms with Crippen LogP contribution in [-0.4, -0.2) is 11.6 Å². The Morgan fingerprint density at radius 2 is 2.40 bits per heavy atom. The third kappa shape index (κ3) is 1.08. The Labute approximate surface area is 89.8 Å². The summed E-state index contributed by atoms with van der Waals surface area (Å²) in [5, 5.41) is 0. The predicted molar refractivity (Wildman–Crippen MR) is 60.1 cm³/mol. The largest absolute Gasteiger partial charge is 0.485 e. The van der Waals surface area contributed by atoms with Crippen LogP contribution in [-0.2, 0) is 4.74 Å². The summed E-state index contributed by atoms with van der Waals surface area (Å²) in [6, 6.07) is -0.0449. The van der Waals surface area contributed by atoms with Crippen molar-refractivity contribution in [3.63, 3.8) is 0 Å². The van der Waals surface area contributed by atoms with E-state index in [2.05, 4.69) is 25.2 Å². The molecule has 0 amide bonds. The Morgan fingerprint density at radius 1 is 1.53 bits per heavy atom. The van der Waals surface area contributed by atoms with Crippen LogP contribution in [0.4, 0.5) is 0 Å². The number of fused-ring (bicyclic) bond motifs is 2. The fourth-order valence-corrected chi connectivity index (χ4v) is 2.53. The molecule has 1 aliphatic heterocycles. The maximum Gasteiger partial charge on any atom is 0.150 e. The summed E-state index contributed by atoms with van der Waals surface area (Å²) in [5.41, 5.74) is 8.26. The SMILES string of the molecule is CC12OC3=C(C=CCC3)C1=CC=CC2N. The molecule has 0 aromatic carbocycles. The fraction of sp³-hybridized carbons (Fsp3) is 0.385. The summed E-state index contributed by atoms with van der Waals surface area (Å²) in [6.07, 6.45) is 12.6. The molecule has 2 heteroatoms. The van der Waals surface area contributed by atoms with Crippen LogP contribution in [0.25, 0.3) is 0 Å². The van der Waals surface area contributed by atoms with E-state index in [-0.39, 0.29) is 11.6 Å². The lowest BCUT2D eigenvalue weighted by molar-refractivity contribution is 0.0541. The second kappa shape index (κ2) is 2.86. The number of allylic oxidation sites excluding steroid dienone is 5. The van der Waals surface area contributed by atoms with Gasteiger partial charge in [-0.2, -0.15) is 0 Å². The van der Waals surface area contributed by atoms with E-state index >= 15 is 0 Å². The first-order chi connectivity index (χ1) is 7.22. The quantitative estimate of drug-likeness (QED) is 0.652. The van der Waals surface area contributed by atoms with Gasteiger partial charge in [-0.25, -0.2) is 0 Å². The number of rotatable bonds is 0. The summed E-state index contributed by atoms with van der Waals surface area (Å²) >= 11 is 0. The lowest BCUT2D eigenvalue weighted by Crippen LogP contribution is -2.46. The molecule has 0 radical (unpaired) electrons. The van der Waals surface area contributed by atoms with Crippen molar-refractivity contribution in [2.75, 3.05) is 0 Å². The van der Waals surface area contributed by atoms with Gasteiger partial charge in [0.25, 0.3) is 0 Å². The molecule has 0 aromatic heterocycles. The monoisotopic (exact) mass is 201 g/mol. The number of hydrogen-bond donors (Lipinski definition) is 1. The summed E-state index contributed by atoms with van der Waals surface area (Å²) in [5.74, 6) is 1.12. The molecule has 0 spiro atoms. The van der Waals surface area contributed by atoms with E-state index in [4.69, 9.17) is 10.5 Å². The average Bonchev–Trinajstić information content (AvgIpc) is 2.53. The minimum atomic E-state index is -0.339. The summed E-state index contributed by atoms with van der Waals surface area (Å²) in [6.45, 7) is 2.08. The van der Waals surface area contributed by atoms with Crippen molar-refractivity contribution in [2.24, 2.45) is 5.73 Å². The Kier molecular flexibility index (Phi) is 1.71. The van der Waals surface area contributed by atoms with E-state index in [9.17, 15) is 0 Å². The van der Waals surface area contributed by atoms with Gasteiger partial charge in [-0.1, -0.05) is 30.4 Å². The molecule has 0 aromatic rings. The molecular formula is C13H15NO. The zero-order chi connectivity index (χ0) is 10.5. The highest BCUT2D eigenvalue weighted by Crippen LogP contribution is 2.45. The Morgan fingerprint density at radius 3 is 3.27 bits per heavy atom. The van der Waals surface area contributed by atoms with Crippen molar-refractivity contribution in [1.82, 2.24) is 0 Å². The van der Waals surface area contributed by atoms with Crippen LogP contribution in [0.1, 0.15) is 19.8 Å². The van der Waals surface area contributed by atoms with E-state index in [0.717, 1.165) is 18.6 Å². The lowest BCUT2D eigenvalue weighted by atomic mass is 9.81. The van der Waals surface area contributed by atoms with Gasteiger partial charge in [0.2, 0.25) is 0 Å². The van der Waals surface area contributed by atoms with Crippen LogP contribution in [0, 0.1) is 0 Å². The molecule has 2 nitrogen and oxygen atoms in total. The molecule has 0 saturated heterocycles. The maximum atomic E-state index is 6.11. The van der Waals surface area contributed by atoms with Gasteiger partial charge in [0, 0.05) is 17.6 Å². The number of nitrogens with two attached hydrogens (primary N) is 1. The average molecular weight is 201 g/mol. The van der Waals surface area contributed by atoms with Crippen molar-refractivity contribution in [2.45, 2.75) is 31.4 Å². The van der Waals surface area contributed by atoms with E-state index < -0.39 is 0 Å². The molecule has 15 heavy (non-hydrogen) atoms. The molecule has 0 bridgehead atoms. The molecule has 3 rings (SSSR count). The molecule has 2 atom stereocenters. The van der Waals surface area contributed by atoms with Crippen LogP contribution in [0.3, 0.4) is 0 Å². The zero-order valence-electron chi connectivity index (χ0n) is 8.86. The molecule has 2 aliphatic carbocycles. The minimum absolute atomic E-state index is 0.0449. The van der Waals surface area contributed by atoms with Gasteiger partial charge >= 0.3 is 0 Å². The van der Waals surface area contributed by atoms with E-state index in [1.165, 1.54) is 11.1 Å². The highest BCUT2D eigenvalue weighted by molar-refractivity contribution is 5.56. The lowest BCUT2D eigenvalue weighted by Gasteiger charge is -2.33. The first-order valence-corrected chi connectivity index (χ1v) is 5.45. The van der Waals surface area contributed by atoms with Gasteiger partial charge in [-0.15, -0.1) is 0 Å². The normalized spacial score (nSPS) is 37.2. The maximum absolute atomic E-state index is 6.11. The van der Waals surface area contributed by atoms with Crippen molar-refractivity contribution >= 4 is 0 Å². The highest BCUT2D eigenvalue weighted by Gasteiger charge is 2.45. The molecular weight excluding hydrogens is 186 g/mol. The first kappa shape index (κ1) is 8.98. The van der Waals surface area contributed by atoms with Gasteiger partial charge in [-0.05, 0) is 13.3 Å². The molecule has 0 saturated carbocycles. The van der Waals surface area contributed by atoms with Crippen molar-refractivity contribution in [1.29, 1.82) is 0 Å². The summed E-state index contributed by atoms with van der Waals surface area (Å²) in [7, 11) is 0. The summed E-state index contributed by atoms with van der Waals surface area (Å²) < 4.78 is 6.05. The van der Waals surface area contributed by atoms with E-state index in [1.807, 2.05) is 12.2 Å². The Balaban J connectivity index is 2.11. The van der Waals surface area contributed by atoms with Crippen LogP contribution in [0.2, 0.25) is 0 Å². The van der Waals surface area contributed by atoms with E-state index in [1.54, 1.807) is 0 Å². The minimum Gasteiger partial charge on any atom is -0.485 e. The zero-order valence-corrected chi connectivity index (χ0v) is 8.86. The summed E-state index contributed by atoms with van der Waals surface area (Å²) in [4.78, 5) is 0. The Hall–Kier alpha value is -1.28. The van der Waals surface area contributed by atoms with Gasteiger partial charge in [-0.3, -0.25) is 0 Å². The molecule has 1 heterocycles. The van der Waals surface area contributed by atoms with Gasteiger partial charge in [0.05, 0.1) is 6.04 Å². The van der Waals surface area contributed by atoms with Crippen LogP contribution in [0.5, 0.6) is 0 Å². The van der Waals surface area contributed by atoms with Crippen LogP contribution < -0.4 is 5.73 Å². The second-order valence-electron chi connectivity index (χ2n) is 4.48. The van der Waals surface area contributed by atoms with Gasteiger partial charge in [0.15, 0.2) is 0 Å². The number of hydrogen-bond acceptors (Lipinski definition) is 2. The second-order valence-corrected chi connectivity index (χ2v) is 4.48. The number of ether oxygens (including phenoxy) is 1. The fourth-order valence-electron chi connectivity index (χ4n) is 2.53. The highest BCUT2D eigenvalue weighted by atomic mass is 16.5. The Bertz CT molecular complexity index is 428. The van der Waals surface area contributed by atoms with Gasteiger partial charge < -0.3 is 10.5 Å². The third-order valence-electron chi connectivity index (χ3n) is 3.50. The molecule has 0 fully saturated rings. The van der Waals surface area contributed by atoms with Crippen LogP contribution >= 0.6 is 0 Å². The van der Waals surface area contributed by atoms with Crippen molar-refractivity contribution in [3.8, 4) is 0 Å². The van der Waals surface area contributed by atoms with Crippen molar-refractivity contribution in [3.05, 3.63) is 47.3 Å². The molecule has 2 unspecified atom stereocenters. The standard InChI is InChI=1S/C13H15NO/c1-13-10(6-4-8-12(13)14)9-5-2-3-7-11(9)15-13/h2,4-6,8,12H,3,7,14H2,1H3. The van der Waals surface area contributed by atoms with Crippen LogP contribution in [0.15, 0.2) is 47.3 Å². The van der Waals surface area contributed by atoms with Crippen molar-refractivity contribution < 1.29 is 4.74 Å². The smallest absolute Gasteiger partial charge is 0.150 e. The molecule has 78 valence electrons. The predicted octanol–water partition coefficient (Wildman–Crippen LogP) is 2.20.